The SMILES string of the molecule is CC(C)C(NC(=O)/C(C#N)=C\Nc1ccc(F)c(F)c1F)C(=O)O. The van der Waals surface area contributed by atoms with Gasteiger partial charge in [-0.15, -0.1) is 0 Å². The summed E-state index contributed by atoms with van der Waals surface area (Å²) in [6.45, 7) is 3.12. The van der Waals surface area contributed by atoms with E-state index >= 15 is 0 Å². The number of anilines is 1. The fourth-order valence-electron chi connectivity index (χ4n) is 1.67. The summed E-state index contributed by atoms with van der Waals surface area (Å²) in [6.07, 6.45) is 0.768. The van der Waals surface area contributed by atoms with E-state index in [9.17, 15) is 22.8 Å². The van der Waals surface area contributed by atoms with Crippen LogP contribution in [0.3, 0.4) is 0 Å². The number of carboxylic acid groups (broad SMARTS) is 1. The molecule has 1 rings (SSSR count). The Hall–Kier alpha value is -3.02. The Morgan fingerprint density at radius 1 is 1.25 bits per heavy atom. The molecular formula is C15H14F3N3O3. The number of rotatable bonds is 6. The summed E-state index contributed by atoms with van der Waals surface area (Å²) in [5.41, 5.74) is -1.06. The normalized spacial score (nSPS) is 12.5. The van der Waals surface area contributed by atoms with Crippen molar-refractivity contribution < 1.29 is 27.9 Å². The van der Waals surface area contributed by atoms with Crippen molar-refractivity contribution in [2.45, 2.75) is 19.9 Å². The van der Waals surface area contributed by atoms with Gasteiger partial charge in [-0.1, -0.05) is 13.8 Å². The van der Waals surface area contributed by atoms with Gasteiger partial charge in [-0.2, -0.15) is 5.26 Å². The van der Waals surface area contributed by atoms with Gasteiger partial charge in [0.1, 0.15) is 17.7 Å². The Kier molecular flexibility index (Phi) is 6.35. The molecule has 24 heavy (non-hydrogen) atoms. The summed E-state index contributed by atoms with van der Waals surface area (Å²) in [5.74, 6) is -7.34. The molecule has 1 atom stereocenters. The summed E-state index contributed by atoms with van der Waals surface area (Å²) in [7, 11) is 0. The first-order valence-electron chi connectivity index (χ1n) is 6.73. The predicted octanol–water partition coefficient (Wildman–Crippen LogP) is 2.15. The lowest BCUT2D eigenvalue weighted by Gasteiger charge is -2.17. The second-order valence-electron chi connectivity index (χ2n) is 5.07. The van der Waals surface area contributed by atoms with Gasteiger partial charge in [-0.05, 0) is 18.1 Å². The van der Waals surface area contributed by atoms with Crippen LogP contribution >= 0.6 is 0 Å². The van der Waals surface area contributed by atoms with Crippen molar-refractivity contribution in [2.75, 3.05) is 5.32 Å². The molecule has 9 heteroatoms. The highest BCUT2D eigenvalue weighted by atomic mass is 19.2. The quantitative estimate of drug-likeness (QED) is 0.418. The van der Waals surface area contributed by atoms with Crippen molar-refractivity contribution in [3.8, 4) is 6.07 Å². The molecule has 0 aliphatic rings. The van der Waals surface area contributed by atoms with E-state index < -0.39 is 52.5 Å². The Bertz CT molecular complexity index is 727. The highest BCUT2D eigenvalue weighted by Gasteiger charge is 2.25. The Labute approximate surface area is 135 Å². The molecule has 0 spiro atoms. The predicted molar refractivity (Wildman–Crippen MR) is 78.0 cm³/mol. The number of benzene rings is 1. The number of nitrogens with one attached hydrogen (secondary N) is 2. The largest absolute Gasteiger partial charge is 0.480 e. The molecule has 0 fully saturated rings. The number of halogens is 3. The number of hydrogen-bond donors (Lipinski definition) is 3. The molecule has 0 saturated carbocycles. The van der Waals surface area contributed by atoms with Crippen LogP contribution in [0.25, 0.3) is 0 Å². The van der Waals surface area contributed by atoms with Gasteiger partial charge in [-0.3, -0.25) is 4.79 Å². The second-order valence-corrected chi connectivity index (χ2v) is 5.07. The molecule has 0 aliphatic carbocycles. The Balaban J connectivity index is 2.96. The minimum absolute atomic E-state index is 0.442. The zero-order valence-corrected chi connectivity index (χ0v) is 12.7. The van der Waals surface area contributed by atoms with Crippen molar-refractivity contribution in [3.05, 3.63) is 41.4 Å². The molecule has 0 aliphatic heterocycles. The van der Waals surface area contributed by atoms with E-state index in [1.807, 2.05) is 0 Å². The third kappa shape index (κ3) is 4.49. The standard InChI is InChI=1S/C15H14F3N3O3/c1-7(2)13(15(23)24)21-14(22)8(5-19)6-20-10-4-3-9(16)11(17)12(10)18/h3-4,6-7,13,20H,1-2H3,(H,21,22)(H,23,24)/b8-6-. The summed E-state index contributed by atoms with van der Waals surface area (Å²) >= 11 is 0. The fraction of sp³-hybridized carbons (Fsp3) is 0.267. The van der Waals surface area contributed by atoms with Crippen LogP contribution in [-0.2, 0) is 9.59 Å². The number of amides is 1. The number of aliphatic carboxylic acids is 1. The van der Waals surface area contributed by atoms with Crippen LogP contribution in [0.15, 0.2) is 23.9 Å². The smallest absolute Gasteiger partial charge is 0.326 e. The lowest BCUT2D eigenvalue weighted by atomic mass is 10.0. The van der Waals surface area contributed by atoms with E-state index in [0.29, 0.717) is 6.07 Å². The van der Waals surface area contributed by atoms with Gasteiger partial charge in [0.15, 0.2) is 17.5 Å². The van der Waals surface area contributed by atoms with E-state index in [1.165, 1.54) is 6.07 Å². The average Bonchev–Trinajstić information content (AvgIpc) is 2.52. The van der Waals surface area contributed by atoms with Crippen molar-refractivity contribution >= 4 is 17.6 Å². The van der Waals surface area contributed by atoms with Gasteiger partial charge in [0.2, 0.25) is 0 Å². The van der Waals surface area contributed by atoms with Crippen LogP contribution in [0.5, 0.6) is 0 Å². The number of carbonyl (C=O) groups excluding carboxylic acids is 1. The van der Waals surface area contributed by atoms with E-state index in [1.54, 1.807) is 13.8 Å². The van der Waals surface area contributed by atoms with Crippen LogP contribution in [0.2, 0.25) is 0 Å². The van der Waals surface area contributed by atoms with Gasteiger partial charge in [-0.25, -0.2) is 18.0 Å². The van der Waals surface area contributed by atoms with Gasteiger partial charge >= 0.3 is 5.97 Å². The third-order valence-corrected chi connectivity index (χ3v) is 2.99. The maximum atomic E-state index is 13.5. The number of carboxylic acids is 1. The van der Waals surface area contributed by atoms with E-state index in [0.717, 1.165) is 12.3 Å². The first kappa shape index (κ1) is 19.0. The first-order chi connectivity index (χ1) is 11.2. The molecule has 0 aromatic heterocycles. The van der Waals surface area contributed by atoms with Crippen molar-refractivity contribution in [3.63, 3.8) is 0 Å². The number of hydrogen-bond acceptors (Lipinski definition) is 4. The maximum Gasteiger partial charge on any atom is 0.326 e. The van der Waals surface area contributed by atoms with Crippen LogP contribution in [0.1, 0.15) is 13.8 Å². The molecule has 0 heterocycles. The summed E-state index contributed by atoms with van der Waals surface area (Å²) in [5, 5.41) is 22.2. The number of nitriles is 1. The second kappa shape index (κ2) is 8.01. The van der Waals surface area contributed by atoms with Crippen molar-refractivity contribution in [1.82, 2.24) is 5.32 Å². The third-order valence-electron chi connectivity index (χ3n) is 2.99. The lowest BCUT2D eigenvalue weighted by Crippen LogP contribution is -2.44. The van der Waals surface area contributed by atoms with Gasteiger partial charge in [0, 0.05) is 6.20 Å². The number of carbonyl (C=O) groups is 2. The zero-order chi connectivity index (χ0) is 18.4. The van der Waals surface area contributed by atoms with Gasteiger partial charge in [0.25, 0.3) is 5.91 Å². The Morgan fingerprint density at radius 3 is 2.38 bits per heavy atom. The molecule has 1 amide bonds. The summed E-state index contributed by atoms with van der Waals surface area (Å²) in [6, 6.07) is 1.82. The van der Waals surface area contributed by atoms with Crippen molar-refractivity contribution in [1.29, 1.82) is 5.26 Å². The molecule has 1 unspecified atom stereocenters. The average molecular weight is 341 g/mol. The molecule has 1 aromatic rings. The highest BCUT2D eigenvalue weighted by Crippen LogP contribution is 2.19. The molecule has 1 aromatic carbocycles. The number of nitrogens with zero attached hydrogens (tertiary/aromatic N) is 1. The molecule has 6 nitrogen and oxygen atoms in total. The fourth-order valence-corrected chi connectivity index (χ4v) is 1.67. The van der Waals surface area contributed by atoms with Crippen LogP contribution in [0.4, 0.5) is 18.9 Å². The van der Waals surface area contributed by atoms with E-state index in [-0.39, 0.29) is 0 Å². The van der Waals surface area contributed by atoms with Gasteiger partial charge < -0.3 is 15.7 Å². The molecule has 0 radical (unpaired) electrons. The molecular weight excluding hydrogens is 327 g/mol. The Morgan fingerprint density at radius 2 is 1.88 bits per heavy atom. The minimum Gasteiger partial charge on any atom is -0.480 e. The molecule has 3 N–H and O–H groups in total. The van der Waals surface area contributed by atoms with Crippen molar-refractivity contribution in [2.24, 2.45) is 5.92 Å². The minimum atomic E-state index is -1.71. The lowest BCUT2D eigenvalue weighted by molar-refractivity contribution is -0.142. The van der Waals surface area contributed by atoms with E-state index in [2.05, 4.69) is 10.6 Å². The topological polar surface area (TPSA) is 102 Å². The van der Waals surface area contributed by atoms with Crippen LogP contribution < -0.4 is 10.6 Å². The highest BCUT2D eigenvalue weighted by molar-refractivity contribution is 5.99. The zero-order valence-electron chi connectivity index (χ0n) is 12.7. The van der Waals surface area contributed by atoms with Gasteiger partial charge in [0.05, 0.1) is 5.69 Å². The van der Waals surface area contributed by atoms with E-state index in [4.69, 9.17) is 10.4 Å². The molecule has 0 bridgehead atoms. The maximum absolute atomic E-state index is 13.5. The molecule has 0 saturated heterocycles. The first-order valence-corrected chi connectivity index (χ1v) is 6.73. The van der Waals surface area contributed by atoms with Crippen LogP contribution in [-0.4, -0.2) is 23.0 Å². The molecule has 128 valence electrons. The summed E-state index contributed by atoms with van der Waals surface area (Å²) < 4.78 is 39.4. The van der Waals surface area contributed by atoms with Crippen LogP contribution in [0, 0.1) is 34.7 Å². The monoisotopic (exact) mass is 341 g/mol. The summed E-state index contributed by atoms with van der Waals surface area (Å²) in [4.78, 5) is 22.9.